The fourth-order valence-corrected chi connectivity index (χ4v) is 4.16. The van der Waals surface area contributed by atoms with Crippen LogP contribution in [0.1, 0.15) is 28.8 Å². The van der Waals surface area contributed by atoms with Gasteiger partial charge in [-0.05, 0) is 71.9 Å². The van der Waals surface area contributed by atoms with Crippen LogP contribution < -0.4 is 5.32 Å². The lowest BCUT2D eigenvalue weighted by Gasteiger charge is -2.13. The van der Waals surface area contributed by atoms with Crippen molar-refractivity contribution in [2.75, 3.05) is 5.32 Å². The number of aromatic nitrogens is 4. The van der Waals surface area contributed by atoms with Crippen LogP contribution in [-0.2, 0) is 23.8 Å². The Morgan fingerprint density at radius 2 is 1.92 bits per heavy atom. The number of fused-ring (bicyclic) bond motifs is 1. The Labute approximate surface area is 204 Å². The summed E-state index contributed by atoms with van der Waals surface area (Å²) < 4.78 is 40.8. The molecule has 2 aromatic heterocycles. The fourth-order valence-electron chi connectivity index (χ4n) is 4.16. The Morgan fingerprint density at radius 1 is 1.08 bits per heavy atom. The second-order valence-corrected chi connectivity index (χ2v) is 8.33. The average Bonchev–Trinajstić information content (AvgIpc) is 3.52. The van der Waals surface area contributed by atoms with Crippen molar-refractivity contribution >= 4 is 23.7 Å². The molecule has 0 atom stereocenters. The van der Waals surface area contributed by atoms with Crippen molar-refractivity contribution < 1.29 is 23.1 Å². The third-order valence-corrected chi connectivity index (χ3v) is 5.84. The van der Waals surface area contributed by atoms with E-state index in [0.29, 0.717) is 16.7 Å². The Bertz CT molecular complexity index is 1480. The van der Waals surface area contributed by atoms with Crippen LogP contribution in [0.15, 0.2) is 67.0 Å². The SMILES string of the molecule is O=C(O)C=Cc1cccc(-c2cnc(Nc3ccc4c(c3)CCC4)nc2-n2ccc(C(F)(F)F)n2)c1. The normalized spacial score (nSPS) is 13.2. The van der Waals surface area contributed by atoms with E-state index >= 15 is 0 Å². The number of aryl methyl sites for hydroxylation is 2. The van der Waals surface area contributed by atoms with Crippen LogP contribution in [0, 0.1) is 0 Å². The summed E-state index contributed by atoms with van der Waals surface area (Å²) in [6, 6.07) is 13.8. The highest BCUT2D eigenvalue weighted by Crippen LogP contribution is 2.31. The lowest BCUT2D eigenvalue weighted by Crippen LogP contribution is -2.10. The number of carboxylic acid groups (broad SMARTS) is 1. The van der Waals surface area contributed by atoms with Gasteiger partial charge in [-0.25, -0.2) is 14.5 Å². The number of anilines is 2. The van der Waals surface area contributed by atoms with Crippen molar-refractivity contribution in [3.8, 4) is 16.9 Å². The third kappa shape index (κ3) is 4.97. The topological polar surface area (TPSA) is 92.9 Å². The molecule has 2 N–H and O–H groups in total. The molecule has 0 saturated heterocycles. The summed E-state index contributed by atoms with van der Waals surface area (Å²) in [4.78, 5) is 19.8. The Hall–Kier alpha value is -4.47. The molecule has 7 nitrogen and oxygen atoms in total. The van der Waals surface area contributed by atoms with Gasteiger partial charge in [-0.2, -0.15) is 23.3 Å². The molecular formula is C26H20F3N5O2. The summed E-state index contributed by atoms with van der Waals surface area (Å²) in [5.74, 6) is -0.746. The smallest absolute Gasteiger partial charge is 0.435 e. The monoisotopic (exact) mass is 491 g/mol. The molecule has 0 spiro atoms. The largest absolute Gasteiger partial charge is 0.478 e. The highest BCUT2D eigenvalue weighted by Gasteiger charge is 2.34. The number of hydrogen-bond donors (Lipinski definition) is 2. The number of carboxylic acids is 1. The van der Waals surface area contributed by atoms with E-state index in [1.165, 1.54) is 29.6 Å². The zero-order valence-corrected chi connectivity index (χ0v) is 18.8. The number of nitrogens with one attached hydrogen (secondary N) is 1. The van der Waals surface area contributed by atoms with Crippen molar-refractivity contribution in [1.29, 1.82) is 0 Å². The van der Waals surface area contributed by atoms with Crippen molar-refractivity contribution in [2.24, 2.45) is 0 Å². The number of alkyl halides is 3. The van der Waals surface area contributed by atoms with Gasteiger partial charge in [0.05, 0.1) is 0 Å². The third-order valence-electron chi connectivity index (χ3n) is 5.84. The van der Waals surface area contributed by atoms with E-state index in [9.17, 15) is 18.0 Å². The first-order valence-corrected chi connectivity index (χ1v) is 11.2. The fraction of sp³-hybridized carbons (Fsp3) is 0.154. The molecule has 2 heterocycles. The number of benzene rings is 2. The van der Waals surface area contributed by atoms with Gasteiger partial charge in [0, 0.05) is 29.7 Å². The van der Waals surface area contributed by atoms with Crippen molar-refractivity contribution in [3.63, 3.8) is 0 Å². The first kappa shape index (κ1) is 23.3. The van der Waals surface area contributed by atoms with Gasteiger partial charge in [0.2, 0.25) is 5.95 Å². The highest BCUT2D eigenvalue weighted by atomic mass is 19.4. The van der Waals surface area contributed by atoms with E-state index in [1.54, 1.807) is 24.3 Å². The Kier molecular flexibility index (Phi) is 6.01. The molecule has 1 aliphatic carbocycles. The first-order valence-electron chi connectivity index (χ1n) is 11.2. The van der Waals surface area contributed by atoms with Crippen LogP contribution in [0.4, 0.5) is 24.8 Å². The molecule has 0 fully saturated rings. The van der Waals surface area contributed by atoms with Gasteiger partial charge in [-0.3, -0.25) is 0 Å². The van der Waals surface area contributed by atoms with Gasteiger partial charge >= 0.3 is 12.1 Å². The van der Waals surface area contributed by atoms with Crippen molar-refractivity contribution in [2.45, 2.75) is 25.4 Å². The van der Waals surface area contributed by atoms with E-state index in [0.717, 1.165) is 41.8 Å². The standard InChI is InChI=1S/C26H20F3N5O2/c27-26(28,29)22-11-12-34(33-22)24-21(19-6-1-3-16(13-19)7-10-23(35)36)15-30-25(32-24)31-20-9-8-17-4-2-5-18(17)14-20/h1,3,6-15H,2,4-5H2,(H,35,36)(H,30,31,32). The number of hydrogen-bond acceptors (Lipinski definition) is 5. The van der Waals surface area contributed by atoms with Crippen LogP contribution in [0.2, 0.25) is 0 Å². The molecule has 36 heavy (non-hydrogen) atoms. The Balaban J connectivity index is 1.56. The summed E-state index contributed by atoms with van der Waals surface area (Å²) in [7, 11) is 0. The average molecular weight is 491 g/mol. The maximum Gasteiger partial charge on any atom is 0.435 e. The molecule has 0 saturated carbocycles. The maximum atomic E-state index is 13.2. The summed E-state index contributed by atoms with van der Waals surface area (Å²) in [6.45, 7) is 0. The number of nitrogens with zero attached hydrogens (tertiary/aromatic N) is 4. The molecule has 2 aromatic carbocycles. The van der Waals surface area contributed by atoms with Crippen LogP contribution in [-0.4, -0.2) is 30.8 Å². The molecule has 182 valence electrons. The van der Waals surface area contributed by atoms with Gasteiger partial charge < -0.3 is 10.4 Å². The van der Waals surface area contributed by atoms with Gasteiger partial charge in [-0.1, -0.05) is 24.3 Å². The van der Waals surface area contributed by atoms with E-state index in [-0.39, 0.29) is 11.8 Å². The first-order chi connectivity index (χ1) is 17.3. The zero-order chi connectivity index (χ0) is 25.3. The molecule has 0 bridgehead atoms. The molecule has 0 amide bonds. The van der Waals surface area contributed by atoms with Crippen molar-refractivity contribution in [1.82, 2.24) is 19.7 Å². The lowest BCUT2D eigenvalue weighted by molar-refractivity contribution is -0.141. The zero-order valence-electron chi connectivity index (χ0n) is 18.8. The molecule has 1 aliphatic rings. The summed E-state index contributed by atoms with van der Waals surface area (Å²) in [6.07, 6.45) is 3.67. The summed E-state index contributed by atoms with van der Waals surface area (Å²) in [5, 5.41) is 15.7. The number of rotatable bonds is 6. The van der Waals surface area contributed by atoms with Gasteiger partial charge in [0.1, 0.15) is 0 Å². The van der Waals surface area contributed by atoms with E-state index < -0.39 is 17.8 Å². The number of halogens is 3. The van der Waals surface area contributed by atoms with Crippen LogP contribution in [0.25, 0.3) is 23.0 Å². The van der Waals surface area contributed by atoms with Gasteiger partial charge in [-0.15, -0.1) is 0 Å². The van der Waals surface area contributed by atoms with Crippen LogP contribution in [0.5, 0.6) is 0 Å². The molecule has 5 rings (SSSR count). The van der Waals surface area contributed by atoms with Crippen LogP contribution in [0.3, 0.4) is 0 Å². The van der Waals surface area contributed by atoms with E-state index in [4.69, 9.17) is 5.11 Å². The summed E-state index contributed by atoms with van der Waals surface area (Å²) in [5.41, 5.74) is 3.92. The number of aliphatic carboxylic acids is 1. The van der Waals surface area contributed by atoms with E-state index in [1.807, 2.05) is 12.1 Å². The predicted molar refractivity (Wildman–Crippen MR) is 128 cm³/mol. The molecule has 0 unspecified atom stereocenters. The quantitative estimate of drug-likeness (QED) is 0.337. The number of carbonyl (C=O) groups is 1. The molecule has 10 heteroatoms. The van der Waals surface area contributed by atoms with Crippen LogP contribution >= 0.6 is 0 Å². The molecule has 4 aromatic rings. The maximum absolute atomic E-state index is 13.2. The van der Waals surface area contributed by atoms with Gasteiger partial charge in [0.25, 0.3) is 0 Å². The molecule has 0 aliphatic heterocycles. The molecule has 0 radical (unpaired) electrons. The summed E-state index contributed by atoms with van der Waals surface area (Å²) >= 11 is 0. The molecular weight excluding hydrogens is 471 g/mol. The second-order valence-electron chi connectivity index (χ2n) is 8.33. The minimum Gasteiger partial charge on any atom is -0.478 e. The lowest BCUT2D eigenvalue weighted by atomic mass is 10.0. The minimum atomic E-state index is -4.61. The Morgan fingerprint density at radius 3 is 2.69 bits per heavy atom. The highest BCUT2D eigenvalue weighted by molar-refractivity contribution is 5.86. The minimum absolute atomic E-state index is 0.142. The van der Waals surface area contributed by atoms with E-state index in [2.05, 4.69) is 26.4 Å². The van der Waals surface area contributed by atoms with Gasteiger partial charge in [0.15, 0.2) is 11.5 Å². The second kappa shape index (κ2) is 9.29. The van der Waals surface area contributed by atoms with Crippen molar-refractivity contribution in [3.05, 3.63) is 89.4 Å². The predicted octanol–water partition coefficient (Wildman–Crippen LogP) is 5.68.